The van der Waals surface area contributed by atoms with Gasteiger partial charge >= 0.3 is 6.03 Å². The van der Waals surface area contributed by atoms with E-state index in [2.05, 4.69) is 51.2 Å². The molecule has 0 spiro atoms. The third-order valence-electron chi connectivity index (χ3n) is 5.73. The third kappa shape index (κ3) is 4.25. The smallest absolute Gasteiger partial charge is 0.327 e. The van der Waals surface area contributed by atoms with Crippen LogP contribution in [0.25, 0.3) is 0 Å². The molecule has 162 valence electrons. The molecule has 0 aromatic heterocycles. The van der Waals surface area contributed by atoms with E-state index in [1.807, 2.05) is 24.4 Å². The summed E-state index contributed by atoms with van der Waals surface area (Å²) in [6, 6.07) is 8.31. The Morgan fingerprint density at radius 1 is 1.13 bits per heavy atom. The van der Waals surface area contributed by atoms with Crippen molar-refractivity contribution < 1.29 is 14.3 Å². The number of benzene rings is 1. The molecule has 4 aliphatic heterocycles. The first kappa shape index (κ1) is 19.6. The Balaban J connectivity index is 1.33. The number of allylic oxidation sites excluding steroid dienone is 2. The van der Waals surface area contributed by atoms with Gasteiger partial charge in [-0.3, -0.25) is 4.90 Å². The Morgan fingerprint density at radius 3 is 2.87 bits per heavy atom. The molecular weight excluding hydrogens is 394 g/mol. The Morgan fingerprint density at radius 2 is 2.03 bits per heavy atom. The molecule has 2 amide bonds. The van der Waals surface area contributed by atoms with Gasteiger partial charge in [0.1, 0.15) is 6.61 Å². The van der Waals surface area contributed by atoms with E-state index >= 15 is 0 Å². The molecule has 0 bridgehead atoms. The Hall–Kier alpha value is -3.39. The average molecular weight is 422 g/mol. The number of nitrogens with zero attached hydrogens (tertiary/aromatic N) is 2. The van der Waals surface area contributed by atoms with Gasteiger partial charge in [-0.15, -0.1) is 0 Å². The summed E-state index contributed by atoms with van der Waals surface area (Å²) in [5, 5.41) is 9.57. The van der Waals surface area contributed by atoms with Crippen molar-refractivity contribution in [2.45, 2.75) is 6.04 Å². The fourth-order valence-electron chi connectivity index (χ4n) is 4.09. The lowest BCUT2D eigenvalue weighted by molar-refractivity contribution is 0.122. The summed E-state index contributed by atoms with van der Waals surface area (Å²) >= 11 is 0. The summed E-state index contributed by atoms with van der Waals surface area (Å²) in [4.78, 5) is 17.0. The molecular formula is C23H27N5O3. The van der Waals surface area contributed by atoms with Crippen molar-refractivity contribution in [2.24, 2.45) is 0 Å². The fraction of sp³-hybridized carbons (Fsp3) is 0.348. The minimum Gasteiger partial charge on any atom is -0.488 e. The van der Waals surface area contributed by atoms with Gasteiger partial charge in [-0.05, 0) is 42.1 Å². The Labute approximate surface area is 181 Å². The minimum absolute atomic E-state index is 0.0465. The van der Waals surface area contributed by atoms with Gasteiger partial charge in [-0.25, -0.2) is 4.79 Å². The van der Waals surface area contributed by atoms with Crippen LogP contribution in [0.5, 0.6) is 0 Å². The van der Waals surface area contributed by atoms with Crippen molar-refractivity contribution >= 4 is 11.7 Å². The van der Waals surface area contributed by atoms with Crippen LogP contribution in [-0.4, -0.2) is 56.9 Å². The van der Waals surface area contributed by atoms with Crippen LogP contribution < -0.4 is 20.9 Å². The van der Waals surface area contributed by atoms with E-state index in [1.54, 1.807) is 4.90 Å². The second-order valence-electron chi connectivity index (χ2n) is 7.72. The monoisotopic (exact) mass is 421 g/mol. The lowest BCUT2D eigenvalue weighted by Gasteiger charge is -2.36. The molecule has 1 atom stereocenters. The number of morpholine rings is 1. The van der Waals surface area contributed by atoms with E-state index in [1.165, 1.54) is 5.69 Å². The summed E-state index contributed by atoms with van der Waals surface area (Å²) in [5.74, 6) is 1.39. The van der Waals surface area contributed by atoms with Crippen molar-refractivity contribution in [1.29, 1.82) is 0 Å². The van der Waals surface area contributed by atoms with Crippen molar-refractivity contribution in [1.82, 2.24) is 20.9 Å². The first-order valence-electron chi connectivity index (χ1n) is 10.7. The average Bonchev–Trinajstić information content (AvgIpc) is 2.84. The number of amides is 2. The van der Waals surface area contributed by atoms with Crippen LogP contribution in [0.1, 0.15) is 11.6 Å². The zero-order chi connectivity index (χ0) is 21.0. The third-order valence-corrected chi connectivity index (χ3v) is 5.73. The lowest BCUT2D eigenvalue weighted by atomic mass is 10.0. The Kier molecular flexibility index (Phi) is 5.54. The number of anilines is 1. The van der Waals surface area contributed by atoms with Crippen LogP contribution in [0.2, 0.25) is 0 Å². The number of hydrogen-bond acceptors (Lipinski definition) is 6. The Bertz CT molecular complexity index is 962. The summed E-state index contributed by atoms with van der Waals surface area (Å²) < 4.78 is 11.3. The quantitative estimate of drug-likeness (QED) is 0.693. The standard InChI is InChI=1S/C23H27N5O3/c29-23(25-18-6-8-24-9-7-18)28-12-15-31-21-5-4-20(26-22(21)28)17-2-1-3-19(16-17)27-10-13-30-14-11-27/h1-8,16,20,24,26H,9-15H2,(H,25,29). The molecule has 0 saturated carbocycles. The maximum Gasteiger partial charge on any atom is 0.327 e. The van der Waals surface area contributed by atoms with Gasteiger partial charge in [0.15, 0.2) is 11.6 Å². The predicted octanol–water partition coefficient (Wildman–Crippen LogP) is 1.94. The van der Waals surface area contributed by atoms with Gasteiger partial charge in [0.25, 0.3) is 0 Å². The highest BCUT2D eigenvalue weighted by Crippen LogP contribution is 2.29. The number of carbonyl (C=O) groups excluding carboxylic acids is 1. The molecule has 31 heavy (non-hydrogen) atoms. The zero-order valence-corrected chi connectivity index (χ0v) is 17.3. The molecule has 0 radical (unpaired) electrons. The topological polar surface area (TPSA) is 78.1 Å². The van der Waals surface area contributed by atoms with Gasteiger partial charge in [-0.1, -0.05) is 18.2 Å². The number of nitrogens with one attached hydrogen (secondary N) is 3. The van der Waals surface area contributed by atoms with Crippen molar-refractivity contribution in [3.63, 3.8) is 0 Å². The van der Waals surface area contributed by atoms with Gasteiger partial charge in [0.05, 0.1) is 25.8 Å². The molecule has 1 aromatic rings. The molecule has 0 aliphatic carbocycles. The number of ether oxygens (including phenoxy) is 2. The molecule has 8 nitrogen and oxygen atoms in total. The molecule has 4 aliphatic rings. The van der Waals surface area contributed by atoms with Crippen LogP contribution in [0.4, 0.5) is 10.5 Å². The van der Waals surface area contributed by atoms with Crippen LogP contribution in [-0.2, 0) is 9.47 Å². The largest absolute Gasteiger partial charge is 0.488 e. The molecule has 3 N–H and O–H groups in total. The fourth-order valence-corrected chi connectivity index (χ4v) is 4.09. The summed E-state index contributed by atoms with van der Waals surface area (Å²) in [6.07, 6.45) is 9.67. The van der Waals surface area contributed by atoms with E-state index < -0.39 is 0 Å². The first-order valence-corrected chi connectivity index (χ1v) is 10.7. The summed E-state index contributed by atoms with van der Waals surface area (Å²) in [5.41, 5.74) is 3.12. The van der Waals surface area contributed by atoms with Crippen LogP contribution >= 0.6 is 0 Å². The lowest BCUT2D eigenvalue weighted by Crippen LogP contribution is -2.48. The van der Waals surface area contributed by atoms with Gasteiger partial charge in [0.2, 0.25) is 0 Å². The van der Waals surface area contributed by atoms with Crippen LogP contribution in [0.15, 0.2) is 72.0 Å². The highest BCUT2D eigenvalue weighted by molar-refractivity contribution is 5.79. The van der Waals surface area contributed by atoms with Gasteiger partial charge in [-0.2, -0.15) is 0 Å². The van der Waals surface area contributed by atoms with E-state index in [9.17, 15) is 4.79 Å². The van der Waals surface area contributed by atoms with Gasteiger partial charge in [0, 0.05) is 31.0 Å². The van der Waals surface area contributed by atoms with Crippen molar-refractivity contribution in [2.75, 3.05) is 50.9 Å². The first-order chi connectivity index (χ1) is 15.3. The van der Waals surface area contributed by atoms with Crippen LogP contribution in [0, 0.1) is 0 Å². The number of rotatable bonds is 3. The van der Waals surface area contributed by atoms with E-state index in [0.29, 0.717) is 31.3 Å². The predicted molar refractivity (Wildman–Crippen MR) is 118 cm³/mol. The van der Waals surface area contributed by atoms with Crippen LogP contribution in [0.3, 0.4) is 0 Å². The number of dihydropyridines is 2. The molecule has 5 rings (SSSR count). The molecule has 1 aromatic carbocycles. The molecule has 4 heterocycles. The summed E-state index contributed by atoms with van der Waals surface area (Å²) in [7, 11) is 0. The molecule has 1 saturated heterocycles. The number of carbonyl (C=O) groups is 1. The van der Waals surface area contributed by atoms with Crippen molar-refractivity contribution in [3.8, 4) is 0 Å². The molecule has 1 unspecified atom stereocenters. The minimum atomic E-state index is -0.169. The number of hydrogen-bond donors (Lipinski definition) is 3. The normalized spacial score (nSPS) is 22.7. The van der Waals surface area contributed by atoms with E-state index in [4.69, 9.17) is 9.47 Å². The second-order valence-corrected chi connectivity index (χ2v) is 7.72. The number of urea groups is 1. The SMILES string of the molecule is O=C(NC1=CCNC=C1)N1CCOC2=C1NC(c1cccc(N3CCOCC3)c1)C=C2. The highest BCUT2D eigenvalue weighted by Gasteiger charge is 2.30. The maximum atomic E-state index is 13.0. The van der Waals surface area contributed by atoms with E-state index in [-0.39, 0.29) is 12.1 Å². The van der Waals surface area contributed by atoms with Gasteiger partial charge < -0.3 is 30.3 Å². The zero-order valence-electron chi connectivity index (χ0n) is 17.3. The second kappa shape index (κ2) is 8.77. The maximum absolute atomic E-state index is 13.0. The van der Waals surface area contributed by atoms with E-state index in [0.717, 1.165) is 37.6 Å². The molecule has 1 fully saturated rings. The highest BCUT2D eigenvalue weighted by atomic mass is 16.5. The van der Waals surface area contributed by atoms with Crippen molar-refractivity contribution in [3.05, 3.63) is 77.6 Å². The molecule has 8 heteroatoms. The summed E-state index contributed by atoms with van der Waals surface area (Å²) in [6.45, 7) is 4.96.